The Morgan fingerprint density at radius 3 is 1.86 bits per heavy atom. The van der Waals surface area contributed by atoms with E-state index in [1.165, 1.54) is 54.9 Å². The van der Waals surface area contributed by atoms with Crippen LogP contribution in [0.15, 0.2) is 97.1 Å². The summed E-state index contributed by atoms with van der Waals surface area (Å²) in [6, 6.07) is 35.0. The minimum Gasteiger partial charge on any atom is -0.0622 e. The Kier molecular flexibility index (Phi) is 3.98. The van der Waals surface area contributed by atoms with Gasteiger partial charge in [0, 0.05) is 0 Å². The second kappa shape index (κ2) is 6.65. The number of aryl methyl sites for hydroxylation is 1. The zero-order valence-corrected chi connectivity index (χ0v) is 16.2. The highest BCUT2D eigenvalue weighted by molar-refractivity contribution is 6.09. The van der Waals surface area contributed by atoms with Crippen LogP contribution in [0.2, 0.25) is 0 Å². The van der Waals surface area contributed by atoms with Crippen molar-refractivity contribution in [2.75, 3.05) is 0 Å². The molecule has 0 spiro atoms. The average Bonchev–Trinajstić information content (AvgIpc) is 2.75. The van der Waals surface area contributed by atoms with Crippen LogP contribution >= 0.6 is 0 Å². The smallest absolute Gasteiger partial charge is 0.00610 e. The van der Waals surface area contributed by atoms with Gasteiger partial charge in [-0.05, 0) is 74.8 Å². The van der Waals surface area contributed by atoms with Gasteiger partial charge >= 0.3 is 0 Å². The molecular formula is C28H22. The number of benzene rings is 5. The monoisotopic (exact) mass is 358 g/mol. The van der Waals surface area contributed by atoms with Crippen LogP contribution in [0, 0.1) is 13.8 Å². The lowest BCUT2D eigenvalue weighted by molar-refractivity contribution is 1.44. The van der Waals surface area contributed by atoms with Crippen molar-refractivity contribution in [3.05, 3.63) is 108 Å². The molecule has 5 aromatic carbocycles. The Morgan fingerprint density at radius 1 is 0.500 bits per heavy atom. The lowest BCUT2D eigenvalue weighted by Crippen LogP contribution is -1.94. The van der Waals surface area contributed by atoms with Crippen molar-refractivity contribution >= 4 is 21.5 Å². The fourth-order valence-electron chi connectivity index (χ4n) is 4.40. The molecule has 0 fully saturated rings. The standard InChI is InChI=1S/C28H22/c1-19-16-17-22-12-6-8-14-24(22)27(19)28-20(2)26(21-10-4-3-5-11-21)18-23-13-7-9-15-25(23)28/h3-18H,1-2H3. The Hall–Kier alpha value is -3.38. The highest BCUT2D eigenvalue weighted by Gasteiger charge is 2.16. The molecule has 0 aliphatic heterocycles. The second-order valence-electron chi connectivity index (χ2n) is 7.49. The SMILES string of the molecule is Cc1ccc2ccccc2c1-c1c(C)c(-c2ccccc2)cc2ccccc12. The van der Waals surface area contributed by atoms with Crippen molar-refractivity contribution in [3.63, 3.8) is 0 Å². The first-order chi connectivity index (χ1) is 13.7. The second-order valence-corrected chi connectivity index (χ2v) is 7.49. The maximum Gasteiger partial charge on any atom is -0.00610 e. The zero-order chi connectivity index (χ0) is 19.1. The minimum atomic E-state index is 1.27. The van der Waals surface area contributed by atoms with E-state index in [0.29, 0.717) is 0 Å². The summed E-state index contributed by atoms with van der Waals surface area (Å²) in [5.74, 6) is 0. The van der Waals surface area contributed by atoms with Gasteiger partial charge in [-0.2, -0.15) is 0 Å². The number of fused-ring (bicyclic) bond motifs is 2. The van der Waals surface area contributed by atoms with E-state index in [1.807, 2.05) is 0 Å². The largest absolute Gasteiger partial charge is 0.0622 e. The predicted molar refractivity (Wildman–Crippen MR) is 122 cm³/mol. The highest BCUT2D eigenvalue weighted by Crippen LogP contribution is 2.42. The fourth-order valence-corrected chi connectivity index (χ4v) is 4.40. The molecule has 28 heavy (non-hydrogen) atoms. The maximum absolute atomic E-state index is 2.34. The third kappa shape index (κ3) is 2.61. The Morgan fingerprint density at radius 2 is 1.11 bits per heavy atom. The molecule has 0 N–H and O–H groups in total. The van der Waals surface area contributed by atoms with Crippen LogP contribution in [0.25, 0.3) is 43.8 Å². The van der Waals surface area contributed by atoms with Gasteiger partial charge in [0.2, 0.25) is 0 Å². The molecule has 5 aromatic rings. The summed E-state index contributed by atoms with van der Waals surface area (Å²) >= 11 is 0. The van der Waals surface area contributed by atoms with Crippen LogP contribution in [0.4, 0.5) is 0 Å². The summed E-state index contributed by atoms with van der Waals surface area (Å²) in [7, 11) is 0. The Balaban J connectivity index is 1.96. The average molecular weight is 358 g/mol. The maximum atomic E-state index is 2.34. The summed E-state index contributed by atoms with van der Waals surface area (Å²) in [5.41, 5.74) is 7.93. The van der Waals surface area contributed by atoms with Gasteiger partial charge in [0.1, 0.15) is 0 Å². The van der Waals surface area contributed by atoms with Gasteiger partial charge in [0.15, 0.2) is 0 Å². The van der Waals surface area contributed by atoms with Crippen LogP contribution < -0.4 is 0 Å². The van der Waals surface area contributed by atoms with Gasteiger partial charge in [-0.3, -0.25) is 0 Å². The van der Waals surface area contributed by atoms with Gasteiger partial charge in [-0.15, -0.1) is 0 Å². The molecule has 0 saturated carbocycles. The molecule has 0 saturated heterocycles. The van der Waals surface area contributed by atoms with E-state index in [9.17, 15) is 0 Å². The minimum absolute atomic E-state index is 1.27. The predicted octanol–water partition coefficient (Wildman–Crippen LogP) is 7.94. The van der Waals surface area contributed by atoms with E-state index >= 15 is 0 Å². The fraction of sp³-hybridized carbons (Fsp3) is 0.0714. The highest BCUT2D eigenvalue weighted by atomic mass is 14.2. The first-order valence-electron chi connectivity index (χ1n) is 9.80. The molecular weight excluding hydrogens is 336 g/mol. The molecule has 0 atom stereocenters. The Labute approximate surface area is 166 Å². The number of hydrogen-bond donors (Lipinski definition) is 0. The van der Waals surface area contributed by atoms with Crippen molar-refractivity contribution in [2.45, 2.75) is 13.8 Å². The molecule has 0 unspecified atom stereocenters. The third-order valence-electron chi connectivity index (χ3n) is 5.78. The van der Waals surface area contributed by atoms with Crippen LogP contribution in [0.3, 0.4) is 0 Å². The van der Waals surface area contributed by atoms with Crippen molar-refractivity contribution < 1.29 is 0 Å². The third-order valence-corrected chi connectivity index (χ3v) is 5.78. The number of rotatable bonds is 2. The summed E-state index contributed by atoms with van der Waals surface area (Å²) in [5, 5.41) is 5.21. The topological polar surface area (TPSA) is 0 Å². The van der Waals surface area contributed by atoms with Crippen LogP contribution in [0.1, 0.15) is 11.1 Å². The molecule has 134 valence electrons. The van der Waals surface area contributed by atoms with Crippen molar-refractivity contribution in [1.29, 1.82) is 0 Å². The summed E-state index contributed by atoms with van der Waals surface area (Å²) in [6.07, 6.45) is 0. The van der Waals surface area contributed by atoms with E-state index in [-0.39, 0.29) is 0 Å². The molecule has 5 rings (SSSR count). The van der Waals surface area contributed by atoms with E-state index in [4.69, 9.17) is 0 Å². The van der Waals surface area contributed by atoms with Crippen molar-refractivity contribution in [2.24, 2.45) is 0 Å². The molecule has 0 radical (unpaired) electrons. The van der Waals surface area contributed by atoms with E-state index in [0.717, 1.165) is 0 Å². The molecule has 0 amide bonds. The van der Waals surface area contributed by atoms with E-state index in [2.05, 4.69) is 111 Å². The summed E-state index contributed by atoms with van der Waals surface area (Å²) in [6.45, 7) is 4.50. The summed E-state index contributed by atoms with van der Waals surface area (Å²) < 4.78 is 0. The summed E-state index contributed by atoms with van der Waals surface area (Å²) in [4.78, 5) is 0. The van der Waals surface area contributed by atoms with Gasteiger partial charge in [0.05, 0.1) is 0 Å². The quantitative estimate of drug-likeness (QED) is 0.300. The molecule has 0 heterocycles. The molecule has 0 aromatic heterocycles. The lowest BCUT2D eigenvalue weighted by atomic mass is 9.84. The van der Waals surface area contributed by atoms with E-state index < -0.39 is 0 Å². The molecule has 0 aliphatic rings. The normalized spacial score (nSPS) is 11.2. The van der Waals surface area contributed by atoms with E-state index in [1.54, 1.807) is 0 Å². The molecule has 0 bridgehead atoms. The number of hydrogen-bond acceptors (Lipinski definition) is 0. The first kappa shape index (κ1) is 16.8. The molecule has 0 nitrogen and oxygen atoms in total. The molecule has 0 heteroatoms. The molecule has 0 aliphatic carbocycles. The first-order valence-corrected chi connectivity index (χ1v) is 9.80. The zero-order valence-electron chi connectivity index (χ0n) is 16.2. The van der Waals surface area contributed by atoms with Gasteiger partial charge in [-0.1, -0.05) is 91.0 Å². The lowest BCUT2D eigenvalue weighted by Gasteiger charge is -2.19. The Bertz CT molecular complexity index is 1310. The van der Waals surface area contributed by atoms with Crippen LogP contribution in [-0.4, -0.2) is 0 Å². The van der Waals surface area contributed by atoms with Gasteiger partial charge < -0.3 is 0 Å². The van der Waals surface area contributed by atoms with Gasteiger partial charge in [-0.25, -0.2) is 0 Å². The van der Waals surface area contributed by atoms with Crippen molar-refractivity contribution in [3.8, 4) is 22.3 Å². The van der Waals surface area contributed by atoms with Crippen LogP contribution in [0.5, 0.6) is 0 Å². The van der Waals surface area contributed by atoms with Crippen molar-refractivity contribution in [1.82, 2.24) is 0 Å². The van der Waals surface area contributed by atoms with Crippen LogP contribution in [-0.2, 0) is 0 Å². The van der Waals surface area contributed by atoms with Gasteiger partial charge in [0.25, 0.3) is 0 Å².